The van der Waals surface area contributed by atoms with E-state index in [-0.39, 0.29) is 0 Å². The van der Waals surface area contributed by atoms with Crippen LogP contribution in [-0.2, 0) is 12.8 Å². The van der Waals surface area contributed by atoms with Crippen molar-refractivity contribution in [2.45, 2.75) is 32.2 Å². The normalized spacial score (nSPS) is 12.1. The van der Waals surface area contributed by atoms with Crippen molar-refractivity contribution in [3.05, 3.63) is 65.2 Å². The van der Waals surface area contributed by atoms with Crippen molar-refractivity contribution in [1.29, 1.82) is 0 Å². The van der Waals surface area contributed by atoms with Crippen molar-refractivity contribution < 1.29 is 4.74 Å². The maximum Gasteiger partial charge on any atom is 0.119 e. The van der Waals surface area contributed by atoms with Gasteiger partial charge in [0.25, 0.3) is 0 Å². The van der Waals surface area contributed by atoms with Gasteiger partial charge < -0.3 is 10.1 Å². The van der Waals surface area contributed by atoms with E-state index in [4.69, 9.17) is 4.74 Å². The van der Waals surface area contributed by atoms with Crippen LogP contribution in [0.1, 0.15) is 36.1 Å². The van der Waals surface area contributed by atoms with Crippen LogP contribution < -0.4 is 10.1 Å². The molecule has 1 unspecified atom stereocenters. The van der Waals surface area contributed by atoms with Crippen LogP contribution in [0.4, 0.5) is 0 Å². The first-order chi connectivity index (χ1) is 10.3. The van der Waals surface area contributed by atoms with E-state index in [2.05, 4.69) is 48.6 Å². The van der Waals surface area contributed by atoms with Crippen LogP contribution in [0, 0.1) is 0 Å². The number of ether oxygens (including phenoxy) is 1. The zero-order valence-electron chi connectivity index (χ0n) is 13.2. The van der Waals surface area contributed by atoms with E-state index in [1.165, 1.54) is 23.1 Å². The Bertz CT molecular complexity index is 565. The summed E-state index contributed by atoms with van der Waals surface area (Å²) in [5, 5.41) is 3.43. The lowest BCUT2D eigenvalue weighted by molar-refractivity contribution is 0.414. The van der Waals surface area contributed by atoms with Crippen LogP contribution in [0.15, 0.2) is 48.5 Å². The van der Waals surface area contributed by atoms with Gasteiger partial charge in [0.05, 0.1) is 7.11 Å². The molecule has 2 aromatic carbocycles. The van der Waals surface area contributed by atoms with Crippen molar-refractivity contribution in [3.63, 3.8) is 0 Å². The van der Waals surface area contributed by atoms with Crippen LogP contribution in [0.2, 0.25) is 0 Å². The van der Waals surface area contributed by atoms with Crippen molar-refractivity contribution >= 4 is 0 Å². The highest BCUT2D eigenvalue weighted by Gasteiger charge is 2.11. The van der Waals surface area contributed by atoms with Crippen LogP contribution in [0.3, 0.4) is 0 Å². The van der Waals surface area contributed by atoms with Gasteiger partial charge in [-0.2, -0.15) is 0 Å². The van der Waals surface area contributed by atoms with Crippen molar-refractivity contribution in [1.82, 2.24) is 5.32 Å². The molecule has 0 saturated heterocycles. The monoisotopic (exact) mass is 283 g/mol. The molecule has 2 aromatic rings. The van der Waals surface area contributed by atoms with Gasteiger partial charge in [-0.15, -0.1) is 0 Å². The molecule has 0 amide bonds. The number of nitrogens with one attached hydrogen (secondary N) is 1. The molecule has 0 bridgehead atoms. The van der Waals surface area contributed by atoms with E-state index in [1.807, 2.05) is 19.2 Å². The van der Waals surface area contributed by atoms with Crippen molar-refractivity contribution in [2.24, 2.45) is 0 Å². The highest BCUT2D eigenvalue weighted by molar-refractivity contribution is 5.32. The lowest BCUT2D eigenvalue weighted by atomic mass is 9.96. The summed E-state index contributed by atoms with van der Waals surface area (Å²) in [6.07, 6.45) is 3.29. The molecular weight excluding hydrogens is 258 g/mol. The van der Waals surface area contributed by atoms with Gasteiger partial charge in [-0.1, -0.05) is 49.7 Å². The predicted molar refractivity (Wildman–Crippen MR) is 88.9 cm³/mol. The number of aryl methyl sites for hydroxylation is 1. The van der Waals surface area contributed by atoms with Gasteiger partial charge in [-0.3, -0.25) is 0 Å². The molecule has 2 nitrogen and oxygen atoms in total. The fourth-order valence-electron chi connectivity index (χ4n) is 2.68. The Labute approximate surface area is 128 Å². The number of rotatable bonds is 7. The summed E-state index contributed by atoms with van der Waals surface area (Å²) in [6.45, 7) is 2.22. The van der Waals surface area contributed by atoms with E-state index < -0.39 is 0 Å². The minimum atomic E-state index is 0.328. The number of likely N-dealkylation sites (N-methyl/N-ethyl adjacent to an activating group) is 1. The maximum atomic E-state index is 5.31. The highest BCUT2D eigenvalue weighted by Crippen LogP contribution is 2.22. The molecule has 0 heterocycles. The highest BCUT2D eigenvalue weighted by atomic mass is 16.5. The van der Waals surface area contributed by atoms with E-state index >= 15 is 0 Å². The second-order valence-corrected chi connectivity index (χ2v) is 5.39. The van der Waals surface area contributed by atoms with Crippen LogP contribution in [0.5, 0.6) is 5.75 Å². The Kier molecular flexibility index (Phi) is 5.82. The van der Waals surface area contributed by atoms with Crippen LogP contribution in [0.25, 0.3) is 0 Å². The third kappa shape index (κ3) is 4.33. The van der Waals surface area contributed by atoms with Crippen LogP contribution in [-0.4, -0.2) is 14.2 Å². The zero-order chi connectivity index (χ0) is 15.1. The first-order valence-electron chi connectivity index (χ1n) is 7.65. The van der Waals surface area contributed by atoms with Gasteiger partial charge in [-0.25, -0.2) is 0 Å². The summed E-state index contributed by atoms with van der Waals surface area (Å²) in [5.41, 5.74) is 4.06. The van der Waals surface area contributed by atoms with Gasteiger partial charge in [0, 0.05) is 6.04 Å². The molecule has 0 fully saturated rings. The Hall–Kier alpha value is -1.80. The Morgan fingerprint density at radius 2 is 1.81 bits per heavy atom. The largest absolute Gasteiger partial charge is 0.497 e. The second kappa shape index (κ2) is 7.84. The van der Waals surface area contributed by atoms with Gasteiger partial charge in [0.2, 0.25) is 0 Å². The molecule has 0 radical (unpaired) electrons. The van der Waals surface area contributed by atoms with Gasteiger partial charge in [-0.05, 0) is 48.7 Å². The minimum absolute atomic E-state index is 0.328. The van der Waals surface area contributed by atoms with Gasteiger partial charge in [0.15, 0.2) is 0 Å². The first-order valence-corrected chi connectivity index (χ1v) is 7.65. The predicted octanol–water partition coefficient (Wildman–Crippen LogP) is 4.15. The smallest absolute Gasteiger partial charge is 0.119 e. The number of hydrogen-bond donors (Lipinski definition) is 1. The first kappa shape index (κ1) is 15.6. The maximum absolute atomic E-state index is 5.31. The lowest BCUT2D eigenvalue weighted by Gasteiger charge is -2.18. The van der Waals surface area contributed by atoms with Crippen molar-refractivity contribution in [2.75, 3.05) is 14.2 Å². The summed E-state index contributed by atoms with van der Waals surface area (Å²) < 4.78 is 5.31. The van der Waals surface area contributed by atoms with E-state index in [0.29, 0.717) is 6.04 Å². The standard InChI is InChI=1S/C19H25NO/c1-4-7-15-8-5-10-17(12-15)19(20-2)14-16-9-6-11-18(13-16)21-3/h5-6,8-13,19-20H,4,7,14H2,1-3H3. The van der Waals surface area contributed by atoms with Gasteiger partial charge in [0.1, 0.15) is 5.75 Å². The molecule has 0 aromatic heterocycles. The van der Waals surface area contributed by atoms with E-state index in [9.17, 15) is 0 Å². The Morgan fingerprint density at radius 3 is 2.52 bits per heavy atom. The van der Waals surface area contributed by atoms with Crippen molar-refractivity contribution in [3.8, 4) is 5.75 Å². The molecule has 0 aliphatic carbocycles. The quantitative estimate of drug-likeness (QED) is 0.824. The molecule has 0 aliphatic heterocycles. The molecule has 0 aliphatic rings. The summed E-state index contributed by atoms with van der Waals surface area (Å²) >= 11 is 0. The average molecular weight is 283 g/mol. The number of hydrogen-bond acceptors (Lipinski definition) is 2. The molecule has 1 N–H and O–H groups in total. The molecule has 112 valence electrons. The SMILES string of the molecule is CCCc1cccc(C(Cc2cccc(OC)c2)NC)c1. The molecule has 0 spiro atoms. The zero-order valence-corrected chi connectivity index (χ0v) is 13.2. The lowest BCUT2D eigenvalue weighted by Crippen LogP contribution is -2.19. The van der Waals surface area contributed by atoms with E-state index in [1.54, 1.807) is 7.11 Å². The topological polar surface area (TPSA) is 21.3 Å². The summed E-state index contributed by atoms with van der Waals surface area (Å²) in [7, 11) is 3.74. The minimum Gasteiger partial charge on any atom is -0.497 e. The Balaban J connectivity index is 2.17. The third-order valence-electron chi connectivity index (χ3n) is 3.81. The third-order valence-corrected chi connectivity index (χ3v) is 3.81. The molecule has 1 atom stereocenters. The summed E-state index contributed by atoms with van der Waals surface area (Å²) in [6, 6.07) is 17.5. The second-order valence-electron chi connectivity index (χ2n) is 5.39. The molecular formula is C19H25NO. The fraction of sp³-hybridized carbons (Fsp3) is 0.368. The fourth-order valence-corrected chi connectivity index (χ4v) is 2.68. The number of benzene rings is 2. The molecule has 21 heavy (non-hydrogen) atoms. The molecule has 2 rings (SSSR count). The Morgan fingerprint density at radius 1 is 1.05 bits per heavy atom. The summed E-state index contributed by atoms with van der Waals surface area (Å²) in [4.78, 5) is 0. The van der Waals surface area contributed by atoms with Crippen LogP contribution >= 0.6 is 0 Å². The molecule has 2 heteroatoms. The van der Waals surface area contributed by atoms with E-state index in [0.717, 1.165) is 18.6 Å². The number of methoxy groups -OCH3 is 1. The molecule has 0 saturated carbocycles. The summed E-state index contributed by atoms with van der Waals surface area (Å²) in [5.74, 6) is 0.919. The van der Waals surface area contributed by atoms with Gasteiger partial charge >= 0.3 is 0 Å². The average Bonchev–Trinajstić information content (AvgIpc) is 2.53.